The lowest BCUT2D eigenvalue weighted by Gasteiger charge is -2.11. The Bertz CT molecular complexity index is 549. The molecular weight excluding hydrogens is 302 g/mol. The van der Waals surface area contributed by atoms with Gasteiger partial charge in [-0.2, -0.15) is 0 Å². The standard InChI is InChI=1S/C12H19N3O3S.ClH/c1-9(7-14-2)12(16)15-8-10-4-3-5-11(6-10)19(13,17)18;/h3-6,9,14H,7-8H2,1-2H3,(H,15,16)(H2,13,17,18);1H. The van der Waals surface area contributed by atoms with E-state index in [1.165, 1.54) is 12.1 Å². The first-order valence-corrected chi connectivity index (χ1v) is 7.43. The van der Waals surface area contributed by atoms with Crippen molar-refractivity contribution < 1.29 is 13.2 Å². The normalized spacial score (nSPS) is 12.3. The molecule has 114 valence electrons. The number of primary sulfonamides is 1. The van der Waals surface area contributed by atoms with Gasteiger partial charge in [0.1, 0.15) is 0 Å². The Kier molecular flexibility index (Phi) is 7.74. The molecule has 0 fully saturated rings. The molecule has 0 bridgehead atoms. The van der Waals surface area contributed by atoms with Gasteiger partial charge in [0.2, 0.25) is 15.9 Å². The van der Waals surface area contributed by atoms with Crippen LogP contribution in [0, 0.1) is 5.92 Å². The third kappa shape index (κ3) is 5.87. The molecule has 1 rings (SSSR count). The van der Waals surface area contributed by atoms with Crippen LogP contribution in [0.4, 0.5) is 0 Å². The summed E-state index contributed by atoms with van der Waals surface area (Å²) in [4.78, 5) is 11.7. The molecule has 1 aromatic carbocycles. The molecule has 0 heterocycles. The van der Waals surface area contributed by atoms with Crippen molar-refractivity contribution in [2.45, 2.75) is 18.4 Å². The average Bonchev–Trinajstić information content (AvgIpc) is 2.35. The molecule has 0 aliphatic carbocycles. The molecule has 0 aliphatic heterocycles. The Balaban J connectivity index is 0.00000361. The van der Waals surface area contributed by atoms with Crippen molar-refractivity contribution in [3.8, 4) is 0 Å². The highest BCUT2D eigenvalue weighted by Crippen LogP contribution is 2.09. The van der Waals surface area contributed by atoms with E-state index >= 15 is 0 Å². The monoisotopic (exact) mass is 321 g/mol. The Morgan fingerprint density at radius 1 is 1.40 bits per heavy atom. The van der Waals surface area contributed by atoms with Crippen molar-refractivity contribution in [1.29, 1.82) is 0 Å². The molecule has 1 unspecified atom stereocenters. The Morgan fingerprint density at radius 3 is 2.60 bits per heavy atom. The van der Waals surface area contributed by atoms with Crippen molar-refractivity contribution in [2.75, 3.05) is 13.6 Å². The van der Waals surface area contributed by atoms with Crippen molar-refractivity contribution in [2.24, 2.45) is 11.1 Å². The highest BCUT2D eigenvalue weighted by molar-refractivity contribution is 7.89. The molecule has 1 aromatic rings. The van der Waals surface area contributed by atoms with E-state index in [0.717, 1.165) is 0 Å². The summed E-state index contributed by atoms with van der Waals surface area (Å²) in [6.45, 7) is 2.67. The van der Waals surface area contributed by atoms with Crippen LogP contribution in [-0.2, 0) is 21.4 Å². The third-order valence-corrected chi connectivity index (χ3v) is 3.56. The van der Waals surface area contributed by atoms with Crippen LogP contribution in [0.1, 0.15) is 12.5 Å². The van der Waals surface area contributed by atoms with E-state index in [-0.39, 0.29) is 35.7 Å². The molecule has 0 spiro atoms. The van der Waals surface area contributed by atoms with Gasteiger partial charge in [0.25, 0.3) is 0 Å². The van der Waals surface area contributed by atoms with Crippen LogP contribution < -0.4 is 15.8 Å². The van der Waals surface area contributed by atoms with Crippen molar-refractivity contribution in [1.82, 2.24) is 10.6 Å². The number of carbonyl (C=O) groups is 1. The van der Waals surface area contributed by atoms with Gasteiger partial charge in [-0.05, 0) is 24.7 Å². The smallest absolute Gasteiger partial charge is 0.238 e. The van der Waals surface area contributed by atoms with Gasteiger partial charge in [0, 0.05) is 19.0 Å². The zero-order valence-corrected chi connectivity index (χ0v) is 13.1. The summed E-state index contributed by atoms with van der Waals surface area (Å²) in [7, 11) is -1.93. The molecule has 0 saturated heterocycles. The maximum absolute atomic E-state index is 11.7. The van der Waals surface area contributed by atoms with E-state index in [1.54, 1.807) is 19.2 Å². The van der Waals surface area contributed by atoms with E-state index in [9.17, 15) is 13.2 Å². The first-order valence-electron chi connectivity index (χ1n) is 5.88. The second-order valence-electron chi connectivity index (χ2n) is 4.37. The minimum atomic E-state index is -3.71. The number of nitrogens with two attached hydrogens (primary N) is 1. The van der Waals surface area contributed by atoms with Gasteiger partial charge >= 0.3 is 0 Å². The summed E-state index contributed by atoms with van der Waals surface area (Å²) < 4.78 is 22.4. The van der Waals surface area contributed by atoms with Gasteiger partial charge in [-0.1, -0.05) is 19.1 Å². The number of carbonyl (C=O) groups excluding carboxylic acids is 1. The SMILES string of the molecule is CNCC(C)C(=O)NCc1cccc(S(N)(=O)=O)c1.Cl. The average molecular weight is 322 g/mol. The molecule has 6 nitrogen and oxygen atoms in total. The van der Waals surface area contributed by atoms with E-state index in [2.05, 4.69) is 10.6 Å². The minimum absolute atomic E-state index is 0. The summed E-state index contributed by atoms with van der Waals surface area (Å²) in [6, 6.07) is 6.21. The van der Waals surface area contributed by atoms with E-state index in [0.29, 0.717) is 12.1 Å². The number of amides is 1. The summed E-state index contributed by atoms with van der Waals surface area (Å²) in [5, 5.41) is 10.7. The molecular formula is C12H20ClN3O3S. The van der Waals surface area contributed by atoms with Crippen LogP contribution >= 0.6 is 12.4 Å². The molecule has 8 heteroatoms. The van der Waals surface area contributed by atoms with Crippen molar-refractivity contribution in [3.05, 3.63) is 29.8 Å². The van der Waals surface area contributed by atoms with Crippen molar-refractivity contribution >= 4 is 28.3 Å². The molecule has 0 radical (unpaired) electrons. The lowest BCUT2D eigenvalue weighted by Crippen LogP contribution is -2.33. The molecule has 4 N–H and O–H groups in total. The molecule has 0 aliphatic rings. The molecule has 1 atom stereocenters. The Labute approximate surface area is 125 Å². The lowest BCUT2D eigenvalue weighted by atomic mass is 10.1. The Hall–Kier alpha value is -1.15. The van der Waals surface area contributed by atoms with E-state index in [1.807, 2.05) is 6.92 Å². The maximum atomic E-state index is 11.7. The van der Waals surface area contributed by atoms with Crippen LogP contribution in [0.3, 0.4) is 0 Å². The zero-order valence-electron chi connectivity index (χ0n) is 11.4. The number of halogens is 1. The number of rotatable bonds is 6. The number of hydrogen-bond acceptors (Lipinski definition) is 4. The van der Waals surface area contributed by atoms with Crippen molar-refractivity contribution in [3.63, 3.8) is 0 Å². The molecule has 1 amide bonds. The topological polar surface area (TPSA) is 101 Å². The fourth-order valence-electron chi connectivity index (χ4n) is 1.59. The second kappa shape index (κ2) is 8.21. The number of sulfonamides is 1. The largest absolute Gasteiger partial charge is 0.352 e. The van der Waals surface area contributed by atoms with Crippen LogP contribution in [0.2, 0.25) is 0 Å². The van der Waals surface area contributed by atoms with Gasteiger partial charge in [0.15, 0.2) is 0 Å². The predicted octanol–water partition coefficient (Wildman–Crippen LogP) is 0.228. The first kappa shape index (κ1) is 18.9. The number of benzene rings is 1. The quantitative estimate of drug-likeness (QED) is 0.698. The second-order valence-corrected chi connectivity index (χ2v) is 5.93. The molecule has 0 aromatic heterocycles. The van der Waals surface area contributed by atoms with Crippen LogP contribution in [0.25, 0.3) is 0 Å². The summed E-state index contributed by atoms with van der Waals surface area (Å²) >= 11 is 0. The van der Waals surface area contributed by atoms with Crippen LogP contribution in [-0.4, -0.2) is 27.9 Å². The zero-order chi connectivity index (χ0) is 14.5. The van der Waals surface area contributed by atoms with Gasteiger partial charge in [-0.25, -0.2) is 13.6 Å². The third-order valence-electron chi connectivity index (χ3n) is 2.65. The lowest BCUT2D eigenvalue weighted by molar-refractivity contribution is -0.124. The molecule has 20 heavy (non-hydrogen) atoms. The minimum Gasteiger partial charge on any atom is -0.352 e. The van der Waals surface area contributed by atoms with Gasteiger partial charge in [0.05, 0.1) is 4.90 Å². The first-order chi connectivity index (χ1) is 8.84. The summed E-state index contributed by atoms with van der Waals surface area (Å²) in [5.41, 5.74) is 0.691. The van der Waals surface area contributed by atoms with Crippen LogP contribution in [0.15, 0.2) is 29.2 Å². The summed E-state index contributed by atoms with van der Waals surface area (Å²) in [6.07, 6.45) is 0. The fraction of sp³-hybridized carbons (Fsp3) is 0.417. The predicted molar refractivity (Wildman–Crippen MR) is 80.0 cm³/mol. The van der Waals surface area contributed by atoms with E-state index in [4.69, 9.17) is 5.14 Å². The maximum Gasteiger partial charge on any atom is 0.238 e. The van der Waals surface area contributed by atoms with Crippen LogP contribution in [0.5, 0.6) is 0 Å². The highest BCUT2D eigenvalue weighted by Gasteiger charge is 2.12. The summed E-state index contributed by atoms with van der Waals surface area (Å²) in [5.74, 6) is -0.234. The van der Waals surface area contributed by atoms with Gasteiger partial charge in [-0.3, -0.25) is 4.79 Å². The number of nitrogens with one attached hydrogen (secondary N) is 2. The van der Waals surface area contributed by atoms with Gasteiger partial charge in [-0.15, -0.1) is 12.4 Å². The Morgan fingerprint density at radius 2 is 2.05 bits per heavy atom. The number of hydrogen-bond donors (Lipinski definition) is 3. The van der Waals surface area contributed by atoms with E-state index < -0.39 is 10.0 Å². The highest BCUT2D eigenvalue weighted by atomic mass is 35.5. The van der Waals surface area contributed by atoms with Gasteiger partial charge < -0.3 is 10.6 Å². The fourth-order valence-corrected chi connectivity index (χ4v) is 2.18. The molecule has 0 saturated carbocycles.